The monoisotopic (exact) mass is 822 g/mol. The second-order valence-electron chi connectivity index (χ2n) is 14.6. The van der Waals surface area contributed by atoms with Gasteiger partial charge in [0.2, 0.25) is 0 Å². The van der Waals surface area contributed by atoms with Crippen molar-refractivity contribution in [3.8, 4) is 0 Å². The number of hydrogen-bond donors (Lipinski definition) is 2. The summed E-state index contributed by atoms with van der Waals surface area (Å²) in [6, 6.07) is 0. The van der Waals surface area contributed by atoms with Crippen molar-refractivity contribution in [2.75, 3.05) is 65.9 Å². The van der Waals surface area contributed by atoms with Crippen LogP contribution in [0.4, 0.5) is 9.59 Å². The molecule has 16 nitrogen and oxygen atoms in total. The maximum Gasteiger partial charge on any atom is 0.407 e. The van der Waals surface area contributed by atoms with Gasteiger partial charge in [0.15, 0.2) is 12.2 Å². The fourth-order valence-corrected chi connectivity index (χ4v) is 5.26. The first kappa shape index (κ1) is 51.3. The number of nitrogens with one attached hydrogen (secondary N) is 2. The van der Waals surface area contributed by atoms with Crippen LogP contribution in [0, 0.1) is 11.8 Å². The lowest BCUT2D eigenvalue weighted by Crippen LogP contribution is -2.36. The third-order valence-electron chi connectivity index (χ3n) is 8.67. The predicted molar refractivity (Wildman–Crippen MR) is 214 cm³/mol. The zero-order valence-corrected chi connectivity index (χ0v) is 35.0. The Morgan fingerprint density at radius 3 is 1.14 bits per heavy atom. The lowest BCUT2D eigenvalue weighted by molar-refractivity contribution is -0.144. The second kappa shape index (κ2) is 30.4. The van der Waals surface area contributed by atoms with Crippen molar-refractivity contribution < 1.29 is 66.7 Å². The van der Waals surface area contributed by atoms with E-state index in [1.807, 2.05) is 0 Å². The Kier molecular flexibility index (Phi) is 26.9. The van der Waals surface area contributed by atoms with E-state index < -0.39 is 48.3 Å². The SMILES string of the molecule is C=C(C)C(=O)OCCCCCNC(=O)OC(COCC1CCC(COCC(COC(=O)C(=C)C)OC(=O)NCCCCCOC(=O)C(=C)C)CC1)COC(=O)C(=C)C. The number of rotatable bonds is 30. The largest absolute Gasteiger partial charge is 0.462 e. The van der Waals surface area contributed by atoms with E-state index in [0.29, 0.717) is 63.1 Å². The smallest absolute Gasteiger partial charge is 0.407 e. The lowest BCUT2D eigenvalue weighted by atomic mass is 9.83. The van der Waals surface area contributed by atoms with Crippen LogP contribution in [0.2, 0.25) is 0 Å². The quantitative estimate of drug-likeness (QED) is 0.0379. The molecule has 0 aliphatic heterocycles. The van der Waals surface area contributed by atoms with Gasteiger partial charge in [-0.1, -0.05) is 26.3 Å². The lowest BCUT2D eigenvalue weighted by Gasteiger charge is -2.29. The Balaban J connectivity index is 2.45. The van der Waals surface area contributed by atoms with Crippen LogP contribution >= 0.6 is 0 Å². The Hall–Kier alpha value is -4.70. The van der Waals surface area contributed by atoms with Crippen molar-refractivity contribution in [1.29, 1.82) is 0 Å². The highest BCUT2D eigenvalue weighted by atomic mass is 16.6. The maximum atomic E-state index is 12.5. The molecule has 1 fully saturated rings. The molecule has 1 aliphatic rings. The highest BCUT2D eigenvalue weighted by Gasteiger charge is 2.25. The van der Waals surface area contributed by atoms with Crippen LogP contribution < -0.4 is 10.6 Å². The van der Waals surface area contributed by atoms with Gasteiger partial charge in [0.05, 0.1) is 26.4 Å². The average Bonchev–Trinajstić information content (AvgIpc) is 3.17. The van der Waals surface area contributed by atoms with Gasteiger partial charge in [-0.15, -0.1) is 0 Å². The van der Waals surface area contributed by atoms with Crippen LogP contribution in [0.5, 0.6) is 0 Å². The molecule has 16 heteroatoms. The van der Waals surface area contributed by atoms with Crippen molar-refractivity contribution >= 4 is 36.1 Å². The van der Waals surface area contributed by atoms with E-state index >= 15 is 0 Å². The first-order chi connectivity index (χ1) is 27.6. The zero-order chi connectivity index (χ0) is 43.3. The Morgan fingerprint density at radius 1 is 0.483 bits per heavy atom. The Labute approximate surface area is 343 Å². The summed E-state index contributed by atoms with van der Waals surface area (Å²) < 4.78 is 43.4. The van der Waals surface area contributed by atoms with Gasteiger partial charge in [0.25, 0.3) is 0 Å². The highest BCUT2D eigenvalue weighted by Crippen LogP contribution is 2.29. The minimum atomic E-state index is -0.827. The molecule has 0 aromatic carbocycles. The highest BCUT2D eigenvalue weighted by molar-refractivity contribution is 5.88. The second-order valence-corrected chi connectivity index (χ2v) is 14.6. The molecule has 2 amide bonds. The molecular weight excluding hydrogens is 756 g/mol. The molecule has 2 atom stereocenters. The molecule has 1 rings (SSSR count). The van der Waals surface area contributed by atoms with E-state index in [9.17, 15) is 28.8 Å². The van der Waals surface area contributed by atoms with Gasteiger partial charge in [0, 0.05) is 48.6 Å². The number of unbranched alkanes of at least 4 members (excludes halogenated alkanes) is 4. The van der Waals surface area contributed by atoms with E-state index in [2.05, 4.69) is 36.9 Å². The van der Waals surface area contributed by atoms with E-state index in [0.717, 1.165) is 38.5 Å². The number of alkyl carbamates (subject to hydrolysis) is 2. The van der Waals surface area contributed by atoms with Crippen molar-refractivity contribution in [3.63, 3.8) is 0 Å². The summed E-state index contributed by atoms with van der Waals surface area (Å²) in [4.78, 5) is 71.8. The van der Waals surface area contributed by atoms with Crippen molar-refractivity contribution in [2.24, 2.45) is 11.8 Å². The molecule has 1 saturated carbocycles. The fourth-order valence-electron chi connectivity index (χ4n) is 5.26. The Bertz CT molecular complexity index is 1270. The predicted octanol–water partition coefficient (Wildman–Crippen LogP) is 5.83. The molecule has 0 spiro atoms. The molecule has 0 bridgehead atoms. The van der Waals surface area contributed by atoms with E-state index in [4.69, 9.17) is 37.9 Å². The third-order valence-corrected chi connectivity index (χ3v) is 8.67. The maximum absolute atomic E-state index is 12.5. The molecule has 0 radical (unpaired) electrons. The minimum absolute atomic E-state index is 0.0336. The molecule has 1 aliphatic carbocycles. The summed E-state index contributed by atoms with van der Waals surface area (Å²) in [7, 11) is 0. The van der Waals surface area contributed by atoms with Crippen LogP contribution in [0.25, 0.3) is 0 Å². The molecule has 2 N–H and O–H groups in total. The van der Waals surface area contributed by atoms with Gasteiger partial charge in [0.1, 0.15) is 13.2 Å². The zero-order valence-electron chi connectivity index (χ0n) is 35.0. The van der Waals surface area contributed by atoms with Crippen molar-refractivity contribution in [3.05, 3.63) is 48.6 Å². The number of esters is 4. The molecule has 58 heavy (non-hydrogen) atoms. The topological polar surface area (TPSA) is 200 Å². The van der Waals surface area contributed by atoms with Gasteiger partial charge >= 0.3 is 36.1 Å². The molecule has 0 saturated heterocycles. The molecule has 328 valence electrons. The summed E-state index contributed by atoms with van der Waals surface area (Å²) >= 11 is 0. The van der Waals surface area contributed by atoms with Crippen molar-refractivity contribution in [2.45, 2.75) is 104 Å². The number of ether oxygens (including phenoxy) is 8. The van der Waals surface area contributed by atoms with Crippen LogP contribution in [-0.4, -0.2) is 114 Å². The summed E-state index contributed by atoms with van der Waals surface area (Å²) in [5.41, 5.74) is 1.13. The van der Waals surface area contributed by atoms with E-state index in [1.165, 1.54) is 13.8 Å². The first-order valence-corrected chi connectivity index (χ1v) is 19.9. The van der Waals surface area contributed by atoms with Gasteiger partial charge < -0.3 is 48.5 Å². The molecule has 0 aromatic heterocycles. The van der Waals surface area contributed by atoms with Gasteiger partial charge in [-0.2, -0.15) is 0 Å². The number of carbonyl (C=O) groups excluding carboxylic acids is 6. The van der Waals surface area contributed by atoms with Crippen LogP contribution in [0.3, 0.4) is 0 Å². The van der Waals surface area contributed by atoms with Crippen LogP contribution in [0.15, 0.2) is 48.6 Å². The number of carbonyl (C=O) groups is 6. The van der Waals surface area contributed by atoms with Gasteiger partial charge in [-0.25, -0.2) is 28.8 Å². The Morgan fingerprint density at radius 2 is 0.810 bits per heavy atom. The molecular formula is C42H66N2O14. The molecule has 0 heterocycles. The first-order valence-electron chi connectivity index (χ1n) is 19.9. The normalized spacial score (nSPS) is 15.7. The van der Waals surface area contributed by atoms with E-state index in [-0.39, 0.29) is 62.6 Å². The summed E-state index contributed by atoms with van der Waals surface area (Å²) in [6.07, 6.45) is 4.58. The van der Waals surface area contributed by atoms with Crippen LogP contribution in [-0.2, 0) is 57.1 Å². The third kappa shape index (κ3) is 25.5. The van der Waals surface area contributed by atoms with Gasteiger partial charge in [-0.05, 0) is 104 Å². The minimum Gasteiger partial charge on any atom is -0.462 e. The standard InChI is InChI=1S/C42H66N2O14/c1-29(2)37(45)53-21-13-9-11-19-43-41(49)57-35(27-55-39(47)31(5)6)25-51-23-33-15-17-34(18-16-33)24-52-26-36(28-56-40(48)32(7)8)58-42(50)44-20-12-10-14-22-54-38(46)30(3)4/h33-36H,1,3,5,7,9-28H2,2,4,6,8H3,(H,43,49)(H,44,50). The summed E-state index contributed by atoms with van der Waals surface area (Å²) in [6.45, 7) is 22.2. The summed E-state index contributed by atoms with van der Waals surface area (Å²) in [5, 5.41) is 5.36. The van der Waals surface area contributed by atoms with Crippen molar-refractivity contribution in [1.82, 2.24) is 10.6 Å². The number of amides is 2. The molecule has 2 unspecified atom stereocenters. The van der Waals surface area contributed by atoms with Gasteiger partial charge in [-0.3, -0.25) is 0 Å². The molecule has 0 aromatic rings. The van der Waals surface area contributed by atoms with E-state index in [1.54, 1.807) is 13.8 Å². The average molecular weight is 823 g/mol. The summed E-state index contributed by atoms with van der Waals surface area (Å²) in [5.74, 6) is -1.51. The van der Waals surface area contributed by atoms with Crippen LogP contribution in [0.1, 0.15) is 91.9 Å². The number of hydrogen-bond acceptors (Lipinski definition) is 14. The fraction of sp³-hybridized carbons (Fsp3) is 0.667.